The summed E-state index contributed by atoms with van der Waals surface area (Å²) >= 11 is 0. The molecular formula is C11H17N5. The third-order valence-corrected chi connectivity index (χ3v) is 2.74. The Hall–Kier alpha value is -1.78. The molecule has 16 heavy (non-hydrogen) atoms. The molecule has 0 amide bonds. The van der Waals surface area contributed by atoms with E-state index in [1.807, 2.05) is 13.1 Å². The third kappa shape index (κ3) is 1.80. The zero-order valence-electron chi connectivity index (χ0n) is 9.83. The normalized spacial score (nSPS) is 12.9. The first-order chi connectivity index (χ1) is 7.61. The zero-order valence-corrected chi connectivity index (χ0v) is 9.83. The number of aryl methyl sites for hydroxylation is 1. The van der Waals surface area contributed by atoms with Crippen molar-refractivity contribution in [3.05, 3.63) is 11.8 Å². The summed E-state index contributed by atoms with van der Waals surface area (Å²) in [7, 11) is 0. The van der Waals surface area contributed by atoms with Gasteiger partial charge in [-0.1, -0.05) is 6.92 Å². The molecule has 0 bridgehead atoms. The van der Waals surface area contributed by atoms with Gasteiger partial charge in [-0.2, -0.15) is 9.97 Å². The number of hydrogen-bond donors (Lipinski definition) is 3. The largest absolute Gasteiger partial charge is 0.368 e. The minimum Gasteiger partial charge on any atom is -0.368 e. The maximum Gasteiger partial charge on any atom is 0.223 e. The minimum absolute atomic E-state index is 0.292. The number of nitrogen functional groups attached to an aromatic ring is 1. The third-order valence-electron chi connectivity index (χ3n) is 2.74. The lowest BCUT2D eigenvalue weighted by Gasteiger charge is -2.13. The predicted octanol–water partition coefficient (Wildman–Crippen LogP) is 2.06. The topological polar surface area (TPSA) is 79.6 Å². The summed E-state index contributed by atoms with van der Waals surface area (Å²) in [6.45, 7) is 6.27. The van der Waals surface area contributed by atoms with Crippen LogP contribution in [0.5, 0.6) is 0 Å². The second-order valence-corrected chi connectivity index (χ2v) is 4.08. The van der Waals surface area contributed by atoms with Gasteiger partial charge in [-0.05, 0) is 25.8 Å². The first-order valence-corrected chi connectivity index (χ1v) is 5.49. The van der Waals surface area contributed by atoms with Crippen molar-refractivity contribution < 1.29 is 0 Å². The molecule has 0 aliphatic carbocycles. The summed E-state index contributed by atoms with van der Waals surface area (Å²) in [6, 6.07) is 0.367. The average molecular weight is 219 g/mol. The van der Waals surface area contributed by atoms with Gasteiger partial charge in [0.1, 0.15) is 11.5 Å². The number of aromatic nitrogens is 3. The van der Waals surface area contributed by atoms with Crippen molar-refractivity contribution in [2.75, 3.05) is 11.1 Å². The van der Waals surface area contributed by atoms with Crippen LogP contribution in [0.1, 0.15) is 25.8 Å². The van der Waals surface area contributed by atoms with E-state index in [0.29, 0.717) is 12.0 Å². The first kappa shape index (κ1) is 10.7. The van der Waals surface area contributed by atoms with E-state index >= 15 is 0 Å². The van der Waals surface area contributed by atoms with Crippen molar-refractivity contribution >= 4 is 22.8 Å². The maximum absolute atomic E-state index is 5.67. The molecule has 2 aromatic rings. The summed E-state index contributed by atoms with van der Waals surface area (Å²) in [4.78, 5) is 11.5. The van der Waals surface area contributed by atoms with Gasteiger partial charge >= 0.3 is 0 Å². The van der Waals surface area contributed by atoms with Gasteiger partial charge < -0.3 is 16.0 Å². The van der Waals surface area contributed by atoms with E-state index in [0.717, 1.165) is 28.8 Å². The second kappa shape index (κ2) is 4.00. The Morgan fingerprint density at radius 3 is 2.94 bits per heavy atom. The van der Waals surface area contributed by atoms with E-state index in [1.54, 1.807) is 0 Å². The smallest absolute Gasteiger partial charge is 0.223 e. The van der Waals surface area contributed by atoms with Crippen molar-refractivity contribution in [1.82, 2.24) is 15.0 Å². The Labute approximate surface area is 94.5 Å². The SMILES string of the molecule is CCC(C)Nc1nc(N)nc2[nH]cc(C)c12. The lowest BCUT2D eigenvalue weighted by Crippen LogP contribution is -2.15. The predicted molar refractivity (Wildman–Crippen MR) is 66.4 cm³/mol. The van der Waals surface area contributed by atoms with Gasteiger partial charge in [-0.3, -0.25) is 0 Å². The van der Waals surface area contributed by atoms with Gasteiger partial charge in [0.25, 0.3) is 0 Å². The lowest BCUT2D eigenvalue weighted by atomic mass is 10.2. The van der Waals surface area contributed by atoms with E-state index < -0.39 is 0 Å². The lowest BCUT2D eigenvalue weighted by molar-refractivity contribution is 0.760. The van der Waals surface area contributed by atoms with Crippen LogP contribution in [0.4, 0.5) is 11.8 Å². The number of aromatic amines is 1. The molecule has 5 nitrogen and oxygen atoms in total. The number of nitrogens with one attached hydrogen (secondary N) is 2. The molecule has 1 unspecified atom stereocenters. The van der Waals surface area contributed by atoms with Gasteiger partial charge in [0, 0.05) is 12.2 Å². The highest BCUT2D eigenvalue weighted by molar-refractivity contribution is 5.91. The molecule has 2 rings (SSSR count). The van der Waals surface area contributed by atoms with E-state index in [4.69, 9.17) is 5.73 Å². The molecule has 2 heterocycles. The van der Waals surface area contributed by atoms with Gasteiger partial charge in [0.05, 0.1) is 5.39 Å². The highest BCUT2D eigenvalue weighted by Gasteiger charge is 2.11. The van der Waals surface area contributed by atoms with Crippen molar-refractivity contribution in [1.29, 1.82) is 0 Å². The van der Waals surface area contributed by atoms with Crippen LogP contribution in [0.15, 0.2) is 6.20 Å². The molecule has 5 heteroatoms. The number of rotatable bonds is 3. The Balaban J connectivity index is 2.53. The highest BCUT2D eigenvalue weighted by Crippen LogP contribution is 2.24. The van der Waals surface area contributed by atoms with Crippen LogP contribution in [0.2, 0.25) is 0 Å². The fourth-order valence-corrected chi connectivity index (χ4v) is 1.64. The number of hydrogen-bond acceptors (Lipinski definition) is 4. The highest BCUT2D eigenvalue weighted by atomic mass is 15.1. The average Bonchev–Trinajstić information content (AvgIpc) is 2.60. The molecule has 0 spiro atoms. The molecular weight excluding hydrogens is 202 g/mol. The van der Waals surface area contributed by atoms with E-state index in [1.165, 1.54) is 0 Å². The summed E-state index contributed by atoms with van der Waals surface area (Å²) in [6.07, 6.45) is 2.95. The van der Waals surface area contributed by atoms with Crippen molar-refractivity contribution in [3.63, 3.8) is 0 Å². The van der Waals surface area contributed by atoms with Crippen LogP contribution in [0, 0.1) is 6.92 Å². The standard InChI is InChI=1S/C11H17N5/c1-4-7(3)14-10-8-6(2)5-13-9(8)15-11(12)16-10/h5,7H,4H2,1-3H3,(H4,12,13,14,15,16). The molecule has 0 radical (unpaired) electrons. The molecule has 86 valence electrons. The molecule has 0 aliphatic heterocycles. The fourth-order valence-electron chi connectivity index (χ4n) is 1.64. The Bertz CT molecular complexity index is 502. The van der Waals surface area contributed by atoms with Crippen LogP contribution in [-0.4, -0.2) is 21.0 Å². The molecule has 2 aromatic heterocycles. The van der Waals surface area contributed by atoms with Crippen molar-refractivity contribution in [2.45, 2.75) is 33.2 Å². The van der Waals surface area contributed by atoms with Crippen molar-refractivity contribution in [2.24, 2.45) is 0 Å². The minimum atomic E-state index is 0.292. The molecule has 0 saturated carbocycles. The summed E-state index contributed by atoms with van der Waals surface area (Å²) < 4.78 is 0. The van der Waals surface area contributed by atoms with Crippen LogP contribution in [0.3, 0.4) is 0 Å². The van der Waals surface area contributed by atoms with Crippen molar-refractivity contribution in [3.8, 4) is 0 Å². The van der Waals surface area contributed by atoms with Crippen LogP contribution in [0.25, 0.3) is 11.0 Å². The van der Waals surface area contributed by atoms with E-state index in [2.05, 4.69) is 34.1 Å². The van der Waals surface area contributed by atoms with Crippen LogP contribution < -0.4 is 11.1 Å². The Morgan fingerprint density at radius 1 is 1.50 bits per heavy atom. The number of fused-ring (bicyclic) bond motifs is 1. The molecule has 0 saturated heterocycles. The van der Waals surface area contributed by atoms with Gasteiger partial charge in [0.15, 0.2) is 0 Å². The van der Waals surface area contributed by atoms with Gasteiger partial charge in [-0.25, -0.2) is 0 Å². The van der Waals surface area contributed by atoms with Gasteiger partial charge in [0.2, 0.25) is 5.95 Å². The fraction of sp³-hybridized carbons (Fsp3) is 0.455. The molecule has 0 aromatic carbocycles. The second-order valence-electron chi connectivity index (χ2n) is 4.08. The Morgan fingerprint density at radius 2 is 2.25 bits per heavy atom. The molecule has 4 N–H and O–H groups in total. The number of H-pyrrole nitrogens is 1. The van der Waals surface area contributed by atoms with E-state index in [9.17, 15) is 0 Å². The molecule has 0 fully saturated rings. The number of nitrogens with two attached hydrogens (primary N) is 1. The zero-order chi connectivity index (χ0) is 11.7. The maximum atomic E-state index is 5.67. The Kier molecular flexibility index (Phi) is 2.68. The first-order valence-electron chi connectivity index (χ1n) is 5.49. The van der Waals surface area contributed by atoms with Crippen LogP contribution in [-0.2, 0) is 0 Å². The summed E-state index contributed by atoms with van der Waals surface area (Å²) in [5.74, 6) is 1.11. The van der Waals surface area contributed by atoms with Gasteiger partial charge in [-0.15, -0.1) is 0 Å². The summed E-state index contributed by atoms with van der Waals surface area (Å²) in [5, 5.41) is 4.37. The van der Waals surface area contributed by atoms with E-state index in [-0.39, 0.29) is 0 Å². The number of nitrogens with zero attached hydrogens (tertiary/aromatic N) is 2. The number of anilines is 2. The monoisotopic (exact) mass is 219 g/mol. The van der Waals surface area contributed by atoms with Crippen LogP contribution >= 0.6 is 0 Å². The quantitative estimate of drug-likeness (QED) is 0.738. The summed E-state index contributed by atoms with van der Waals surface area (Å²) in [5.41, 5.74) is 7.58. The molecule has 0 aliphatic rings. The molecule has 1 atom stereocenters.